The Balaban J connectivity index is 1.26. The van der Waals surface area contributed by atoms with Crippen LogP contribution in [0.4, 0.5) is 10.6 Å². The zero-order chi connectivity index (χ0) is 24.5. The molecule has 1 aromatic heterocycles. The number of hydrogen-bond acceptors (Lipinski definition) is 5. The molecule has 1 fully saturated rings. The summed E-state index contributed by atoms with van der Waals surface area (Å²) in [7, 11) is 1.61. The SMILES string of the molecule is Cn1cc(C(=O)NC(CC2CC2)C(=O)O)c(NC(=O)OCC2c3ccccc3-c3ccccc32)n1. The predicted octanol–water partition coefficient (Wildman–Crippen LogP) is 3.76. The van der Waals surface area contributed by atoms with E-state index in [9.17, 15) is 19.5 Å². The highest BCUT2D eigenvalue weighted by molar-refractivity contribution is 6.02. The van der Waals surface area contributed by atoms with Crippen LogP contribution in [-0.2, 0) is 16.6 Å². The number of rotatable bonds is 8. The first-order chi connectivity index (χ1) is 16.9. The van der Waals surface area contributed by atoms with Crippen LogP contribution in [0.15, 0.2) is 54.7 Å². The van der Waals surface area contributed by atoms with Gasteiger partial charge in [0.25, 0.3) is 5.91 Å². The third kappa shape index (κ3) is 4.75. The molecule has 1 heterocycles. The molecule has 35 heavy (non-hydrogen) atoms. The predicted molar refractivity (Wildman–Crippen MR) is 128 cm³/mol. The fourth-order valence-corrected chi connectivity index (χ4v) is 4.62. The molecular weight excluding hydrogens is 448 g/mol. The van der Waals surface area contributed by atoms with E-state index in [4.69, 9.17) is 4.74 Å². The molecule has 2 amide bonds. The van der Waals surface area contributed by atoms with Crippen molar-refractivity contribution in [1.82, 2.24) is 15.1 Å². The number of aliphatic carboxylic acids is 1. The Morgan fingerprint density at radius 3 is 2.31 bits per heavy atom. The number of aromatic nitrogens is 2. The van der Waals surface area contributed by atoms with Crippen LogP contribution < -0.4 is 10.6 Å². The fourth-order valence-electron chi connectivity index (χ4n) is 4.62. The Bertz CT molecular complexity index is 1250. The van der Waals surface area contributed by atoms with Crippen LogP contribution in [0.5, 0.6) is 0 Å². The number of nitrogens with zero attached hydrogens (tertiary/aromatic N) is 2. The van der Waals surface area contributed by atoms with Crippen molar-refractivity contribution in [2.75, 3.05) is 11.9 Å². The number of amides is 2. The molecule has 0 saturated heterocycles. The summed E-state index contributed by atoms with van der Waals surface area (Å²) in [6.45, 7) is 0.122. The van der Waals surface area contributed by atoms with Crippen molar-refractivity contribution in [3.05, 3.63) is 71.4 Å². The lowest BCUT2D eigenvalue weighted by molar-refractivity contribution is -0.139. The molecule has 5 rings (SSSR count). The maximum atomic E-state index is 12.8. The number of aryl methyl sites for hydroxylation is 1. The summed E-state index contributed by atoms with van der Waals surface area (Å²) >= 11 is 0. The monoisotopic (exact) mass is 474 g/mol. The second-order valence-electron chi connectivity index (χ2n) is 9.06. The number of fused-ring (bicyclic) bond motifs is 3. The summed E-state index contributed by atoms with van der Waals surface area (Å²) in [5.41, 5.74) is 4.51. The molecule has 2 aliphatic rings. The fraction of sp³-hybridized carbons (Fsp3) is 0.308. The van der Waals surface area contributed by atoms with Crippen molar-refractivity contribution in [1.29, 1.82) is 0 Å². The Morgan fingerprint density at radius 2 is 1.71 bits per heavy atom. The molecule has 0 spiro atoms. The second-order valence-corrected chi connectivity index (χ2v) is 9.06. The topological polar surface area (TPSA) is 123 Å². The number of anilines is 1. The number of carbonyl (C=O) groups is 3. The first-order valence-electron chi connectivity index (χ1n) is 11.6. The standard InChI is InChI=1S/C26H26N4O5/c1-30-13-20(24(31)27-22(25(32)33)12-15-10-11-15)23(29-30)28-26(34)35-14-21-18-8-4-2-6-16(18)17-7-3-5-9-19(17)21/h2-9,13,15,21-22H,10-12,14H2,1H3,(H,27,31)(H,32,33)(H,28,29,34). The van der Waals surface area contributed by atoms with Crippen molar-refractivity contribution in [3.8, 4) is 11.1 Å². The van der Waals surface area contributed by atoms with E-state index in [1.165, 1.54) is 10.9 Å². The number of carboxylic acid groups (broad SMARTS) is 1. The minimum Gasteiger partial charge on any atom is -0.480 e. The van der Waals surface area contributed by atoms with Crippen LogP contribution >= 0.6 is 0 Å². The van der Waals surface area contributed by atoms with E-state index in [0.29, 0.717) is 12.3 Å². The highest BCUT2D eigenvalue weighted by atomic mass is 16.5. The van der Waals surface area contributed by atoms with Gasteiger partial charge < -0.3 is 15.2 Å². The van der Waals surface area contributed by atoms with Gasteiger partial charge in [0.1, 0.15) is 18.2 Å². The number of hydrogen-bond donors (Lipinski definition) is 3. The lowest BCUT2D eigenvalue weighted by Gasteiger charge is -2.15. The van der Waals surface area contributed by atoms with Crippen molar-refractivity contribution < 1.29 is 24.2 Å². The lowest BCUT2D eigenvalue weighted by atomic mass is 9.98. The maximum absolute atomic E-state index is 12.8. The normalized spacial score (nSPS) is 15.1. The average Bonchev–Trinajstić information content (AvgIpc) is 3.50. The quantitative estimate of drug-likeness (QED) is 0.457. The van der Waals surface area contributed by atoms with Crippen molar-refractivity contribution in [2.45, 2.75) is 31.2 Å². The molecule has 180 valence electrons. The smallest absolute Gasteiger partial charge is 0.412 e. The van der Waals surface area contributed by atoms with Crippen LogP contribution in [0.2, 0.25) is 0 Å². The molecule has 9 nitrogen and oxygen atoms in total. The lowest BCUT2D eigenvalue weighted by Crippen LogP contribution is -2.41. The van der Waals surface area contributed by atoms with Gasteiger partial charge in [-0.25, -0.2) is 9.59 Å². The summed E-state index contributed by atoms with van der Waals surface area (Å²) < 4.78 is 6.92. The summed E-state index contributed by atoms with van der Waals surface area (Å²) in [6.07, 6.45) is 3.02. The summed E-state index contributed by atoms with van der Waals surface area (Å²) in [5, 5.41) is 18.7. The van der Waals surface area contributed by atoms with Crippen LogP contribution in [0.25, 0.3) is 11.1 Å². The van der Waals surface area contributed by atoms with E-state index >= 15 is 0 Å². The zero-order valence-corrected chi connectivity index (χ0v) is 19.2. The molecule has 1 unspecified atom stereocenters. The maximum Gasteiger partial charge on any atom is 0.412 e. The molecule has 1 atom stereocenters. The van der Waals surface area contributed by atoms with Gasteiger partial charge in [0, 0.05) is 19.2 Å². The molecule has 1 saturated carbocycles. The van der Waals surface area contributed by atoms with Crippen LogP contribution in [0.1, 0.15) is 46.7 Å². The van der Waals surface area contributed by atoms with E-state index in [0.717, 1.165) is 35.1 Å². The summed E-state index contributed by atoms with van der Waals surface area (Å²) in [5.74, 6) is -1.46. The van der Waals surface area contributed by atoms with Crippen LogP contribution in [0, 0.1) is 5.92 Å². The largest absolute Gasteiger partial charge is 0.480 e. The molecular formula is C26H26N4O5. The third-order valence-electron chi connectivity index (χ3n) is 6.51. The minimum absolute atomic E-state index is 0.0118. The molecule has 0 aliphatic heterocycles. The molecule has 2 aromatic carbocycles. The number of nitrogens with one attached hydrogen (secondary N) is 2. The first-order valence-corrected chi connectivity index (χ1v) is 11.6. The molecule has 0 bridgehead atoms. The van der Waals surface area contributed by atoms with E-state index in [1.807, 2.05) is 36.4 Å². The van der Waals surface area contributed by atoms with Gasteiger partial charge in [-0.05, 0) is 34.6 Å². The van der Waals surface area contributed by atoms with Gasteiger partial charge in [0.05, 0.1) is 0 Å². The van der Waals surface area contributed by atoms with Crippen LogP contribution in [-0.4, -0.2) is 45.5 Å². The number of ether oxygens (including phenoxy) is 1. The Kier molecular flexibility index (Phi) is 5.98. The van der Waals surface area contributed by atoms with Crippen LogP contribution in [0.3, 0.4) is 0 Å². The van der Waals surface area contributed by atoms with Gasteiger partial charge in [-0.3, -0.25) is 14.8 Å². The van der Waals surface area contributed by atoms with Crippen molar-refractivity contribution >= 4 is 23.8 Å². The molecule has 9 heteroatoms. The summed E-state index contributed by atoms with van der Waals surface area (Å²) in [4.78, 5) is 37.0. The highest BCUT2D eigenvalue weighted by Gasteiger charge is 2.32. The highest BCUT2D eigenvalue weighted by Crippen LogP contribution is 2.44. The van der Waals surface area contributed by atoms with E-state index in [2.05, 4.69) is 27.9 Å². The Morgan fingerprint density at radius 1 is 1.09 bits per heavy atom. The Labute approximate surface area is 202 Å². The van der Waals surface area contributed by atoms with Gasteiger partial charge in [0.2, 0.25) is 0 Å². The van der Waals surface area contributed by atoms with Gasteiger partial charge in [-0.2, -0.15) is 5.10 Å². The van der Waals surface area contributed by atoms with Gasteiger partial charge in [-0.15, -0.1) is 0 Å². The number of carbonyl (C=O) groups excluding carboxylic acids is 2. The zero-order valence-electron chi connectivity index (χ0n) is 19.2. The third-order valence-corrected chi connectivity index (χ3v) is 6.51. The minimum atomic E-state index is -1.08. The average molecular weight is 475 g/mol. The van der Waals surface area contributed by atoms with E-state index < -0.39 is 24.0 Å². The van der Waals surface area contributed by atoms with Gasteiger partial charge in [0.15, 0.2) is 5.82 Å². The first kappa shape index (κ1) is 22.6. The van der Waals surface area contributed by atoms with Gasteiger partial charge in [-0.1, -0.05) is 61.4 Å². The number of benzene rings is 2. The Hall–Kier alpha value is -4.14. The van der Waals surface area contributed by atoms with E-state index in [-0.39, 0.29) is 23.9 Å². The van der Waals surface area contributed by atoms with E-state index in [1.54, 1.807) is 7.05 Å². The number of carboxylic acids is 1. The van der Waals surface area contributed by atoms with Crippen molar-refractivity contribution in [2.24, 2.45) is 13.0 Å². The molecule has 2 aliphatic carbocycles. The molecule has 3 N–H and O–H groups in total. The van der Waals surface area contributed by atoms with Crippen molar-refractivity contribution in [3.63, 3.8) is 0 Å². The molecule has 0 radical (unpaired) electrons. The van der Waals surface area contributed by atoms with Gasteiger partial charge >= 0.3 is 12.1 Å². The molecule has 3 aromatic rings. The second kappa shape index (κ2) is 9.25. The summed E-state index contributed by atoms with van der Waals surface area (Å²) in [6, 6.07) is 15.1.